The molecule has 0 radical (unpaired) electrons. The minimum atomic E-state index is -4.09. The topological polar surface area (TPSA) is 52.6 Å². The van der Waals surface area contributed by atoms with Crippen molar-refractivity contribution >= 4 is 33.3 Å². The fourth-order valence-corrected chi connectivity index (χ4v) is 3.12. The molecule has 20 heavy (non-hydrogen) atoms. The van der Waals surface area contributed by atoms with Crippen LogP contribution >= 0.6 is 23.2 Å². The average molecular weight is 333 g/mol. The van der Waals surface area contributed by atoms with Gasteiger partial charge < -0.3 is 8.92 Å². The lowest BCUT2D eigenvalue weighted by atomic mass is 10.3. The van der Waals surface area contributed by atoms with Crippen LogP contribution in [0.3, 0.4) is 0 Å². The number of benzene rings is 2. The molecule has 0 atom stereocenters. The second kappa shape index (κ2) is 5.91. The van der Waals surface area contributed by atoms with Crippen LogP contribution in [-0.2, 0) is 10.1 Å². The molecule has 0 heterocycles. The molecule has 0 aromatic heterocycles. The highest BCUT2D eigenvalue weighted by Crippen LogP contribution is 2.31. The highest BCUT2D eigenvalue weighted by Gasteiger charge is 2.23. The van der Waals surface area contributed by atoms with E-state index >= 15 is 0 Å². The van der Waals surface area contributed by atoms with E-state index in [0.29, 0.717) is 0 Å². The monoisotopic (exact) mass is 332 g/mol. The Kier molecular flexibility index (Phi) is 4.42. The zero-order chi connectivity index (χ0) is 14.8. The van der Waals surface area contributed by atoms with E-state index in [4.69, 9.17) is 32.1 Å². The summed E-state index contributed by atoms with van der Waals surface area (Å²) in [6, 6.07) is 10.5. The minimum Gasteiger partial charge on any atom is -0.495 e. The summed E-state index contributed by atoms with van der Waals surface area (Å²) in [5.74, 6) is 0.178. The van der Waals surface area contributed by atoms with Crippen LogP contribution in [0.25, 0.3) is 0 Å². The van der Waals surface area contributed by atoms with Crippen molar-refractivity contribution in [2.24, 2.45) is 0 Å². The van der Waals surface area contributed by atoms with Crippen molar-refractivity contribution in [2.75, 3.05) is 7.11 Å². The van der Waals surface area contributed by atoms with E-state index in [1.807, 2.05) is 0 Å². The van der Waals surface area contributed by atoms with Gasteiger partial charge in [-0.2, -0.15) is 8.42 Å². The van der Waals surface area contributed by atoms with Crippen LogP contribution in [0.5, 0.6) is 11.5 Å². The number of halogens is 2. The van der Waals surface area contributed by atoms with Gasteiger partial charge in [0.05, 0.1) is 12.1 Å². The number of hydrogen-bond acceptors (Lipinski definition) is 4. The van der Waals surface area contributed by atoms with Crippen molar-refractivity contribution in [3.63, 3.8) is 0 Å². The highest BCUT2D eigenvalue weighted by molar-refractivity contribution is 7.87. The van der Waals surface area contributed by atoms with Crippen LogP contribution in [0.1, 0.15) is 0 Å². The lowest BCUT2D eigenvalue weighted by molar-refractivity contribution is 0.398. The summed E-state index contributed by atoms with van der Waals surface area (Å²) >= 11 is 11.7. The molecule has 0 saturated carbocycles. The highest BCUT2D eigenvalue weighted by atomic mass is 35.5. The molecular weight excluding hydrogens is 323 g/mol. The third-order valence-electron chi connectivity index (χ3n) is 2.43. The van der Waals surface area contributed by atoms with Crippen LogP contribution in [0.2, 0.25) is 10.0 Å². The Morgan fingerprint density at radius 2 is 1.70 bits per heavy atom. The summed E-state index contributed by atoms with van der Waals surface area (Å²) in [6.45, 7) is 0. The average Bonchev–Trinajstić information content (AvgIpc) is 2.41. The van der Waals surface area contributed by atoms with Crippen LogP contribution in [0.4, 0.5) is 0 Å². The Bertz CT molecular complexity index is 729. The van der Waals surface area contributed by atoms with Crippen molar-refractivity contribution in [2.45, 2.75) is 4.90 Å². The van der Waals surface area contributed by atoms with E-state index in [-0.39, 0.29) is 26.4 Å². The summed E-state index contributed by atoms with van der Waals surface area (Å²) in [4.78, 5) is -0.160. The third-order valence-corrected chi connectivity index (χ3v) is 4.24. The SMILES string of the molecule is COc1ccc(Cl)cc1S(=O)(=O)Oc1ccccc1Cl. The first-order valence-electron chi connectivity index (χ1n) is 5.46. The maximum Gasteiger partial charge on any atom is 0.343 e. The van der Waals surface area contributed by atoms with E-state index in [0.717, 1.165) is 0 Å². The zero-order valence-corrected chi connectivity index (χ0v) is 12.7. The lowest BCUT2D eigenvalue weighted by Gasteiger charge is -2.11. The first-order chi connectivity index (χ1) is 9.44. The quantitative estimate of drug-likeness (QED) is 0.799. The Hall–Kier alpha value is -1.43. The lowest BCUT2D eigenvalue weighted by Crippen LogP contribution is -2.11. The molecule has 0 saturated heterocycles. The number of methoxy groups -OCH3 is 1. The van der Waals surface area contributed by atoms with Crippen molar-refractivity contribution in [3.05, 3.63) is 52.5 Å². The summed E-state index contributed by atoms with van der Waals surface area (Å²) in [7, 11) is -2.74. The summed E-state index contributed by atoms with van der Waals surface area (Å²) in [5, 5.41) is 0.448. The number of hydrogen-bond donors (Lipinski definition) is 0. The molecule has 0 bridgehead atoms. The molecule has 0 aliphatic heterocycles. The van der Waals surface area contributed by atoms with Crippen LogP contribution in [-0.4, -0.2) is 15.5 Å². The summed E-state index contributed by atoms with van der Waals surface area (Å²) in [5.41, 5.74) is 0. The van der Waals surface area contributed by atoms with Crippen molar-refractivity contribution in [1.82, 2.24) is 0 Å². The normalized spacial score (nSPS) is 11.2. The van der Waals surface area contributed by atoms with E-state index in [1.54, 1.807) is 12.1 Å². The zero-order valence-electron chi connectivity index (χ0n) is 10.3. The van der Waals surface area contributed by atoms with E-state index in [2.05, 4.69) is 0 Å². The van der Waals surface area contributed by atoms with Gasteiger partial charge in [-0.25, -0.2) is 0 Å². The predicted molar refractivity (Wildman–Crippen MR) is 77.3 cm³/mol. The van der Waals surface area contributed by atoms with Crippen LogP contribution < -0.4 is 8.92 Å². The molecule has 0 fully saturated rings. The Morgan fingerprint density at radius 3 is 2.35 bits per heavy atom. The van der Waals surface area contributed by atoms with Gasteiger partial charge in [0.15, 0.2) is 5.75 Å². The number of rotatable bonds is 4. The fourth-order valence-electron chi connectivity index (χ4n) is 1.52. The molecule has 0 unspecified atom stereocenters. The van der Waals surface area contributed by atoms with Crippen molar-refractivity contribution < 1.29 is 17.3 Å². The number of ether oxygens (including phenoxy) is 1. The maximum atomic E-state index is 12.3. The van der Waals surface area contributed by atoms with Gasteiger partial charge in [-0.3, -0.25) is 0 Å². The second-order valence-corrected chi connectivity index (χ2v) is 6.12. The van der Waals surface area contributed by atoms with E-state index in [1.165, 1.54) is 37.4 Å². The largest absolute Gasteiger partial charge is 0.495 e. The van der Waals surface area contributed by atoms with Gasteiger partial charge in [0.1, 0.15) is 10.6 Å². The van der Waals surface area contributed by atoms with Crippen LogP contribution in [0.15, 0.2) is 47.4 Å². The van der Waals surface area contributed by atoms with E-state index < -0.39 is 10.1 Å². The molecule has 2 aromatic rings. The molecular formula is C13H10Cl2O4S. The third kappa shape index (κ3) is 3.17. The van der Waals surface area contributed by atoms with Gasteiger partial charge in [0, 0.05) is 5.02 Å². The van der Waals surface area contributed by atoms with Gasteiger partial charge in [0.25, 0.3) is 0 Å². The second-order valence-electron chi connectivity index (χ2n) is 3.76. The molecule has 2 aromatic carbocycles. The minimum absolute atomic E-state index is 0.0381. The number of para-hydroxylation sites is 1. The van der Waals surface area contributed by atoms with Crippen molar-refractivity contribution in [1.29, 1.82) is 0 Å². The van der Waals surface area contributed by atoms with Gasteiger partial charge in [-0.1, -0.05) is 35.3 Å². The van der Waals surface area contributed by atoms with Crippen molar-refractivity contribution in [3.8, 4) is 11.5 Å². The molecule has 0 amide bonds. The standard InChI is InChI=1S/C13H10Cl2O4S/c1-18-12-7-6-9(14)8-13(12)20(16,17)19-11-5-3-2-4-10(11)15/h2-8H,1H3. The van der Waals surface area contributed by atoms with Crippen LogP contribution in [0, 0.1) is 0 Å². The van der Waals surface area contributed by atoms with Gasteiger partial charge >= 0.3 is 10.1 Å². The Morgan fingerprint density at radius 1 is 1.00 bits per heavy atom. The molecule has 0 spiro atoms. The van der Waals surface area contributed by atoms with Gasteiger partial charge in [-0.15, -0.1) is 0 Å². The Balaban J connectivity index is 2.46. The molecule has 0 aliphatic rings. The summed E-state index contributed by atoms with van der Waals surface area (Å²) in [6.07, 6.45) is 0. The predicted octanol–water partition coefficient (Wildman–Crippen LogP) is 3.77. The van der Waals surface area contributed by atoms with Gasteiger partial charge in [-0.05, 0) is 30.3 Å². The van der Waals surface area contributed by atoms with Gasteiger partial charge in [0.2, 0.25) is 0 Å². The smallest absolute Gasteiger partial charge is 0.343 e. The first kappa shape index (κ1) is 15.0. The molecule has 106 valence electrons. The summed E-state index contributed by atoms with van der Waals surface area (Å²) < 4.78 is 34.6. The first-order valence-corrected chi connectivity index (χ1v) is 7.63. The van der Waals surface area contributed by atoms with E-state index in [9.17, 15) is 8.42 Å². The molecule has 0 N–H and O–H groups in total. The molecule has 4 nitrogen and oxygen atoms in total. The maximum absolute atomic E-state index is 12.3. The fraction of sp³-hybridized carbons (Fsp3) is 0.0769. The molecule has 7 heteroatoms. The Labute approximate surface area is 127 Å². The molecule has 0 aliphatic carbocycles. The molecule has 2 rings (SSSR count).